The summed E-state index contributed by atoms with van der Waals surface area (Å²) in [5.41, 5.74) is 5.01. The van der Waals surface area contributed by atoms with Crippen molar-refractivity contribution in [1.29, 1.82) is 0 Å². The Kier molecular flexibility index (Phi) is 6.69. The number of aromatic nitrogens is 3. The van der Waals surface area contributed by atoms with Crippen LogP contribution in [0.4, 0.5) is 0 Å². The van der Waals surface area contributed by atoms with Crippen molar-refractivity contribution in [2.45, 2.75) is 36.4 Å². The molecular formula is C26H26N4O2S. The fourth-order valence-corrected chi connectivity index (χ4v) is 4.96. The van der Waals surface area contributed by atoms with Gasteiger partial charge in [0.2, 0.25) is 0 Å². The van der Waals surface area contributed by atoms with E-state index in [1.54, 1.807) is 18.0 Å². The highest BCUT2D eigenvalue weighted by atomic mass is 32.2. The maximum Gasteiger partial charge on any atom is 0.251 e. The molecule has 1 aliphatic heterocycles. The first-order valence-electron chi connectivity index (χ1n) is 11.2. The Morgan fingerprint density at radius 1 is 1.09 bits per heavy atom. The second-order valence-corrected chi connectivity index (χ2v) is 9.10. The van der Waals surface area contributed by atoms with Crippen molar-refractivity contribution in [3.05, 3.63) is 89.7 Å². The van der Waals surface area contributed by atoms with Crippen LogP contribution < -0.4 is 5.32 Å². The van der Waals surface area contributed by atoms with Gasteiger partial charge in [0.15, 0.2) is 5.16 Å². The summed E-state index contributed by atoms with van der Waals surface area (Å²) < 4.78 is 7.79. The highest BCUT2D eigenvalue weighted by molar-refractivity contribution is 7.98. The number of thioether (sulfide) groups is 1. The predicted molar refractivity (Wildman–Crippen MR) is 130 cm³/mol. The molecule has 1 atom stereocenters. The van der Waals surface area contributed by atoms with E-state index < -0.39 is 0 Å². The average Bonchev–Trinajstić information content (AvgIpc) is 3.50. The molecule has 0 saturated carbocycles. The zero-order valence-corrected chi connectivity index (χ0v) is 19.1. The number of amides is 1. The number of rotatable bonds is 8. The van der Waals surface area contributed by atoms with E-state index in [4.69, 9.17) is 9.72 Å². The van der Waals surface area contributed by atoms with E-state index >= 15 is 0 Å². The molecule has 5 rings (SSSR count). The molecule has 168 valence electrons. The Bertz CT molecular complexity index is 1220. The van der Waals surface area contributed by atoms with Crippen LogP contribution in [0.3, 0.4) is 0 Å². The van der Waals surface area contributed by atoms with Gasteiger partial charge < -0.3 is 14.6 Å². The third-order valence-electron chi connectivity index (χ3n) is 5.80. The minimum absolute atomic E-state index is 0.0538. The highest BCUT2D eigenvalue weighted by Crippen LogP contribution is 2.27. The molecule has 1 N–H and O–H groups in total. The number of hydrogen-bond donors (Lipinski definition) is 1. The summed E-state index contributed by atoms with van der Waals surface area (Å²) in [6, 6.07) is 20.1. The summed E-state index contributed by atoms with van der Waals surface area (Å²) >= 11 is 1.69. The fourth-order valence-electron chi connectivity index (χ4n) is 3.99. The average molecular weight is 459 g/mol. The van der Waals surface area contributed by atoms with Gasteiger partial charge >= 0.3 is 0 Å². The summed E-state index contributed by atoms with van der Waals surface area (Å²) in [5, 5.41) is 3.93. The largest absolute Gasteiger partial charge is 0.376 e. The molecule has 0 bridgehead atoms. The van der Waals surface area contributed by atoms with Crippen LogP contribution >= 0.6 is 11.8 Å². The number of nitrogens with zero attached hydrogens (tertiary/aromatic N) is 3. The Balaban J connectivity index is 1.25. The standard InChI is InChI=1S/C26H26N4O2S/c31-25(28-15-22-7-4-14-32-22)21-10-8-20(9-11-21)18-33-26-29-23-12-13-27-16-24(23)30(26)17-19-5-2-1-3-6-19/h1-3,5-6,8-13,16,22H,4,7,14-15,17-18H2,(H,28,31)/t22-/m0/s1. The van der Waals surface area contributed by atoms with Gasteiger partial charge in [-0.2, -0.15) is 0 Å². The first-order chi connectivity index (χ1) is 16.3. The molecule has 0 radical (unpaired) electrons. The summed E-state index contributed by atoms with van der Waals surface area (Å²) in [6.45, 7) is 2.11. The van der Waals surface area contributed by atoms with Gasteiger partial charge in [-0.05, 0) is 42.2 Å². The zero-order valence-electron chi connectivity index (χ0n) is 18.3. The number of hydrogen-bond acceptors (Lipinski definition) is 5. The fraction of sp³-hybridized carbons (Fsp3) is 0.269. The van der Waals surface area contributed by atoms with Crippen molar-refractivity contribution in [2.75, 3.05) is 13.2 Å². The summed E-state index contributed by atoms with van der Waals surface area (Å²) in [6.07, 6.45) is 5.89. The SMILES string of the molecule is O=C(NC[C@@H]1CCCO1)c1ccc(CSc2nc3ccncc3n2Cc2ccccc2)cc1. The minimum atomic E-state index is -0.0538. The van der Waals surface area contributed by atoms with E-state index in [2.05, 4.69) is 39.1 Å². The van der Waals surface area contributed by atoms with Crippen molar-refractivity contribution < 1.29 is 9.53 Å². The third kappa shape index (κ3) is 5.26. The molecule has 2 aromatic carbocycles. The predicted octanol–water partition coefficient (Wildman–Crippen LogP) is 4.68. The second kappa shape index (κ2) is 10.2. The number of fused-ring (bicyclic) bond motifs is 1. The normalized spacial score (nSPS) is 15.7. The lowest BCUT2D eigenvalue weighted by atomic mass is 10.1. The second-order valence-electron chi connectivity index (χ2n) is 8.16. The molecule has 2 aromatic heterocycles. The molecule has 0 unspecified atom stereocenters. The quantitative estimate of drug-likeness (QED) is 0.388. The van der Waals surface area contributed by atoms with Gasteiger partial charge in [0, 0.05) is 30.7 Å². The van der Waals surface area contributed by atoms with Gasteiger partial charge in [0.25, 0.3) is 5.91 Å². The van der Waals surface area contributed by atoms with E-state index in [0.717, 1.165) is 53.5 Å². The summed E-state index contributed by atoms with van der Waals surface area (Å²) in [5.74, 6) is 0.713. The first kappa shape index (κ1) is 21.7. The summed E-state index contributed by atoms with van der Waals surface area (Å²) in [4.78, 5) is 21.6. The number of carbonyl (C=O) groups is 1. The lowest BCUT2D eigenvalue weighted by Crippen LogP contribution is -2.31. The Hall–Kier alpha value is -3.16. The molecule has 1 amide bonds. The maximum absolute atomic E-state index is 12.4. The maximum atomic E-state index is 12.4. The Morgan fingerprint density at radius 3 is 2.73 bits per heavy atom. The van der Waals surface area contributed by atoms with Gasteiger partial charge in [-0.25, -0.2) is 4.98 Å². The van der Waals surface area contributed by atoms with Crippen LogP contribution in [-0.4, -0.2) is 39.7 Å². The molecule has 33 heavy (non-hydrogen) atoms. The van der Waals surface area contributed by atoms with Crippen molar-refractivity contribution in [3.63, 3.8) is 0 Å². The number of carbonyl (C=O) groups excluding carboxylic acids is 1. The van der Waals surface area contributed by atoms with E-state index in [-0.39, 0.29) is 12.0 Å². The van der Waals surface area contributed by atoms with Crippen LogP contribution in [0.2, 0.25) is 0 Å². The molecule has 3 heterocycles. The van der Waals surface area contributed by atoms with Crippen LogP contribution in [0, 0.1) is 0 Å². The van der Waals surface area contributed by atoms with Gasteiger partial charge in [-0.3, -0.25) is 9.78 Å². The van der Waals surface area contributed by atoms with Crippen molar-refractivity contribution in [3.8, 4) is 0 Å². The zero-order chi connectivity index (χ0) is 22.5. The Labute approximate surface area is 197 Å². The monoisotopic (exact) mass is 458 g/mol. The van der Waals surface area contributed by atoms with Crippen LogP contribution in [0.25, 0.3) is 11.0 Å². The molecule has 6 nitrogen and oxygen atoms in total. The van der Waals surface area contributed by atoms with Crippen LogP contribution in [0.15, 0.2) is 78.2 Å². The lowest BCUT2D eigenvalue weighted by molar-refractivity contribution is 0.0858. The molecule has 7 heteroatoms. The van der Waals surface area contributed by atoms with E-state index in [1.165, 1.54) is 5.56 Å². The van der Waals surface area contributed by atoms with E-state index in [1.807, 2.05) is 42.6 Å². The van der Waals surface area contributed by atoms with Crippen LogP contribution in [-0.2, 0) is 17.0 Å². The minimum Gasteiger partial charge on any atom is -0.376 e. The van der Waals surface area contributed by atoms with Crippen LogP contribution in [0.5, 0.6) is 0 Å². The third-order valence-corrected chi connectivity index (χ3v) is 6.84. The molecule has 4 aromatic rings. The number of pyridine rings is 1. The molecular weight excluding hydrogens is 432 g/mol. The number of ether oxygens (including phenoxy) is 1. The number of benzene rings is 2. The molecule has 1 aliphatic rings. The van der Waals surface area contributed by atoms with Crippen molar-refractivity contribution in [2.24, 2.45) is 0 Å². The van der Waals surface area contributed by atoms with E-state index in [0.29, 0.717) is 12.1 Å². The Morgan fingerprint density at radius 2 is 1.94 bits per heavy atom. The topological polar surface area (TPSA) is 69.0 Å². The molecule has 1 fully saturated rings. The van der Waals surface area contributed by atoms with Gasteiger partial charge in [-0.15, -0.1) is 0 Å². The van der Waals surface area contributed by atoms with Crippen LogP contribution in [0.1, 0.15) is 34.3 Å². The van der Waals surface area contributed by atoms with Gasteiger partial charge in [0.1, 0.15) is 0 Å². The van der Waals surface area contributed by atoms with Gasteiger partial charge in [-0.1, -0.05) is 54.2 Å². The van der Waals surface area contributed by atoms with Crippen molar-refractivity contribution >= 4 is 28.7 Å². The molecule has 0 spiro atoms. The lowest BCUT2D eigenvalue weighted by Gasteiger charge is -2.11. The highest BCUT2D eigenvalue weighted by Gasteiger charge is 2.17. The number of imidazole rings is 1. The number of nitrogens with one attached hydrogen (secondary N) is 1. The molecule has 1 saturated heterocycles. The summed E-state index contributed by atoms with van der Waals surface area (Å²) in [7, 11) is 0. The van der Waals surface area contributed by atoms with Crippen molar-refractivity contribution in [1.82, 2.24) is 19.9 Å². The smallest absolute Gasteiger partial charge is 0.251 e. The van der Waals surface area contributed by atoms with Gasteiger partial charge in [0.05, 0.1) is 29.9 Å². The molecule has 0 aliphatic carbocycles. The van der Waals surface area contributed by atoms with E-state index in [9.17, 15) is 4.79 Å². The first-order valence-corrected chi connectivity index (χ1v) is 12.2.